The number of halogens is 1. The molecule has 1 saturated heterocycles. The van der Waals surface area contributed by atoms with Crippen molar-refractivity contribution in [3.8, 4) is 0 Å². The summed E-state index contributed by atoms with van der Waals surface area (Å²) >= 11 is 1.71. The van der Waals surface area contributed by atoms with Gasteiger partial charge in [0.15, 0.2) is 0 Å². The highest BCUT2D eigenvalue weighted by Gasteiger charge is 2.28. The maximum Gasteiger partial charge on any atom is 0.249 e. The minimum Gasteiger partial charge on any atom is -0.368 e. The highest BCUT2D eigenvalue weighted by atomic mass is 32.2. The minimum absolute atomic E-state index is 0.0652. The summed E-state index contributed by atoms with van der Waals surface area (Å²) in [7, 11) is 0. The van der Waals surface area contributed by atoms with Crippen LogP contribution in [0.5, 0.6) is 0 Å². The molecule has 102 valence electrons. The number of carbonyl (C=O) groups excluding carboxylic acids is 1. The Morgan fingerprint density at radius 1 is 1.42 bits per heavy atom. The summed E-state index contributed by atoms with van der Waals surface area (Å²) in [5, 5.41) is 3.00. The van der Waals surface area contributed by atoms with E-state index < -0.39 is 0 Å². The van der Waals surface area contributed by atoms with Crippen molar-refractivity contribution in [2.45, 2.75) is 36.3 Å². The lowest BCUT2D eigenvalue weighted by Gasteiger charge is -2.27. The van der Waals surface area contributed by atoms with Gasteiger partial charge in [-0.15, -0.1) is 11.8 Å². The highest BCUT2D eigenvalue weighted by Crippen LogP contribution is 2.36. The lowest BCUT2D eigenvalue weighted by molar-refractivity contribution is -0.130. The molecule has 1 aromatic carbocycles. The Morgan fingerprint density at radius 2 is 2.32 bits per heavy atom. The molecule has 0 spiro atoms. The van der Waals surface area contributed by atoms with Crippen LogP contribution < -0.4 is 5.32 Å². The summed E-state index contributed by atoms with van der Waals surface area (Å²) in [5.41, 5.74) is 0.891. The molecule has 1 aromatic rings. The maximum absolute atomic E-state index is 13.4. The Morgan fingerprint density at radius 3 is 3.11 bits per heavy atom. The fourth-order valence-electron chi connectivity index (χ4n) is 2.56. The van der Waals surface area contributed by atoms with Crippen molar-refractivity contribution in [3.05, 3.63) is 29.6 Å². The fourth-order valence-corrected chi connectivity index (χ4v) is 3.67. The van der Waals surface area contributed by atoms with Crippen molar-refractivity contribution >= 4 is 17.7 Å². The number of hydrogen-bond acceptors (Lipinski definition) is 3. The van der Waals surface area contributed by atoms with Gasteiger partial charge in [-0.05, 0) is 43.0 Å². The molecule has 1 amide bonds. The first kappa shape index (κ1) is 12.9. The molecule has 5 heteroatoms. The zero-order valence-electron chi connectivity index (χ0n) is 10.5. The summed E-state index contributed by atoms with van der Waals surface area (Å²) in [6.45, 7) is 0.657. The zero-order valence-corrected chi connectivity index (χ0v) is 11.3. The fraction of sp³-hybridized carbons (Fsp3) is 0.500. The number of hydrogen-bond donors (Lipinski definition) is 1. The second-order valence-corrected chi connectivity index (χ2v) is 6.02. The van der Waals surface area contributed by atoms with Crippen molar-refractivity contribution in [1.82, 2.24) is 5.32 Å². The Bertz CT molecular complexity index is 488. The molecule has 2 aliphatic rings. The number of fused-ring (bicyclic) bond motifs is 1. The average Bonchev–Trinajstić information content (AvgIpc) is 2.93. The monoisotopic (exact) mass is 281 g/mol. The third-order valence-electron chi connectivity index (χ3n) is 3.55. The van der Waals surface area contributed by atoms with Gasteiger partial charge in [-0.25, -0.2) is 4.39 Å². The topological polar surface area (TPSA) is 38.3 Å². The van der Waals surface area contributed by atoms with Gasteiger partial charge >= 0.3 is 0 Å². The molecule has 3 nitrogen and oxygen atoms in total. The van der Waals surface area contributed by atoms with E-state index in [-0.39, 0.29) is 23.9 Å². The van der Waals surface area contributed by atoms with Crippen molar-refractivity contribution in [2.75, 3.05) is 12.4 Å². The molecule has 1 fully saturated rings. The van der Waals surface area contributed by atoms with Gasteiger partial charge < -0.3 is 10.1 Å². The van der Waals surface area contributed by atoms with Gasteiger partial charge in [0.05, 0.1) is 6.04 Å². The number of nitrogens with one attached hydrogen (secondary N) is 1. The van der Waals surface area contributed by atoms with Crippen LogP contribution in [-0.4, -0.2) is 24.4 Å². The van der Waals surface area contributed by atoms with Crippen LogP contribution in [0, 0.1) is 5.82 Å². The Kier molecular flexibility index (Phi) is 3.75. The van der Waals surface area contributed by atoms with Crippen molar-refractivity contribution in [1.29, 1.82) is 0 Å². The van der Waals surface area contributed by atoms with Crippen molar-refractivity contribution < 1.29 is 13.9 Å². The second-order valence-electron chi connectivity index (χ2n) is 4.88. The quantitative estimate of drug-likeness (QED) is 0.905. The smallest absolute Gasteiger partial charge is 0.249 e. The van der Waals surface area contributed by atoms with E-state index in [1.54, 1.807) is 17.8 Å². The lowest BCUT2D eigenvalue weighted by atomic mass is 10.0. The predicted octanol–water partition coefficient (Wildman–Crippen LogP) is 2.66. The third kappa shape index (κ3) is 2.77. The number of amides is 1. The Hall–Kier alpha value is -1.07. The molecule has 1 N–H and O–H groups in total. The van der Waals surface area contributed by atoms with Gasteiger partial charge in [-0.1, -0.05) is 0 Å². The summed E-state index contributed by atoms with van der Waals surface area (Å²) < 4.78 is 18.7. The molecule has 0 saturated carbocycles. The first-order valence-corrected chi connectivity index (χ1v) is 7.57. The molecule has 3 rings (SSSR count). The van der Waals surface area contributed by atoms with E-state index in [2.05, 4.69) is 5.32 Å². The van der Waals surface area contributed by atoms with Gasteiger partial charge in [-0.2, -0.15) is 0 Å². The average molecular weight is 281 g/mol. The van der Waals surface area contributed by atoms with Gasteiger partial charge in [0.2, 0.25) is 5.91 Å². The van der Waals surface area contributed by atoms with Gasteiger partial charge in [0.25, 0.3) is 0 Å². The minimum atomic E-state index is -0.327. The van der Waals surface area contributed by atoms with Crippen LogP contribution in [-0.2, 0) is 9.53 Å². The van der Waals surface area contributed by atoms with E-state index in [4.69, 9.17) is 4.74 Å². The van der Waals surface area contributed by atoms with Crippen LogP contribution in [0.1, 0.15) is 30.9 Å². The van der Waals surface area contributed by atoms with Gasteiger partial charge in [-0.3, -0.25) is 4.79 Å². The molecule has 2 atom stereocenters. The van der Waals surface area contributed by atoms with E-state index >= 15 is 0 Å². The van der Waals surface area contributed by atoms with E-state index in [1.807, 2.05) is 0 Å². The molecular formula is C14H16FNO2S. The lowest BCUT2D eigenvalue weighted by Crippen LogP contribution is -2.38. The molecule has 0 radical (unpaired) electrons. The molecule has 2 aliphatic heterocycles. The molecule has 2 unspecified atom stereocenters. The third-order valence-corrected chi connectivity index (χ3v) is 4.67. The van der Waals surface area contributed by atoms with Crippen LogP contribution in [0.15, 0.2) is 23.1 Å². The number of ether oxygens (including phenoxy) is 1. The summed E-state index contributed by atoms with van der Waals surface area (Å²) in [5.74, 6) is 0.622. The standard InChI is InChI=1S/C14H16FNO2S/c15-9-3-4-13-10(8-9)11(5-7-19-13)16-14(17)12-2-1-6-18-12/h3-4,8,11-12H,1-2,5-7H2,(H,16,17). The molecule has 0 aromatic heterocycles. The number of rotatable bonds is 2. The van der Waals surface area contributed by atoms with Gasteiger partial charge in [0, 0.05) is 17.3 Å². The maximum atomic E-state index is 13.4. The van der Waals surface area contributed by atoms with Crippen molar-refractivity contribution in [3.63, 3.8) is 0 Å². The van der Waals surface area contributed by atoms with E-state index in [0.717, 1.165) is 35.5 Å². The number of carbonyl (C=O) groups is 1. The first-order valence-electron chi connectivity index (χ1n) is 6.58. The Labute approximate surface area is 115 Å². The van der Waals surface area contributed by atoms with Gasteiger partial charge in [0.1, 0.15) is 11.9 Å². The van der Waals surface area contributed by atoms with E-state index in [0.29, 0.717) is 6.61 Å². The van der Waals surface area contributed by atoms with Crippen LogP contribution in [0.25, 0.3) is 0 Å². The predicted molar refractivity (Wildman–Crippen MR) is 71.6 cm³/mol. The van der Waals surface area contributed by atoms with Crippen LogP contribution in [0.4, 0.5) is 4.39 Å². The SMILES string of the molecule is O=C(NC1CCSc2ccc(F)cc21)C1CCCO1. The molecule has 2 heterocycles. The largest absolute Gasteiger partial charge is 0.368 e. The molecular weight excluding hydrogens is 265 g/mol. The molecule has 0 bridgehead atoms. The van der Waals surface area contributed by atoms with E-state index in [9.17, 15) is 9.18 Å². The summed E-state index contributed by atoms with van der Waals surface area (Å²) in [4.78, 5) is 13.1. The summed E-state index contributed by atoms with van der Waals surface area (Å²) in [6, 6.07) is 4.70. The van der Waals surface area contributed by atoms with Crippen LogP contribution in [0.3, 0.4) is 0 Å². The summed E-state index contributed by atoms with van der Waals surface area (Å²) in [6.07, 6.45) is 2.22. The van der Waals surface area contributed by atoms with E-state index in [1.165, 1.54) is 12.1 Å². The Balaban J connectivity index is 1.75. The second kappa shape index (κ2) is 5.51. The number of benzene rings is 1. The van der Waals surface area contributed by atoms with Crippen LogP contribution in [0.2, 0.25) is 0 Å². The molecule has 0 aliphatic carbocycles. The van der Waals surface area contributed by atoms with Crippen LogP contribution >= 0.6 is 11.8 Å². The normalized spacial score (nSPS) is 25.9. The zero-order chi connectivity index (χ0) is 13.2. The molecule has 19 heavy (non-hydrogen) atoms. The van der Waals surface area contributed by atoms with Crippen molar-refractivity contribution in [2.24, 2.45) is 0 Å². The first-order chi connectivity index (χ1) is 9.24. The number of thioether (sulfide) groups is 1. The highest BCUT2D eigenvalue weighted by molar-refractivity contribution is 7.99.